The number of ether oxygens (including phenoxy) is 1. The van der Waals surface area contributed by atoms with Crippen LogP contribution in [-0.4, -0.2) is 37.1 Å². The van der Waals surface area contributed by atoms with Crippen LogP contribution in [0.25, 0.3) is 0 Å². The molecule has 0 aliphatic heterocycles. The van der Waals surface area contributed by atoms with Gasteiger partial charge in [-0.05, 0) is 19.1 Å². The number of hydrogen-bond donors (Lipinski definition) is 2. The lowest BCUT2D eigenvalue weighted by Gasteiger charge is -2.15. The van der Waals surface area contributed by atoms with E-state index in [2.05, 4.69) is 10.6 Å². The number of carbonyl (C=O) groups is 1. The van der Waals surface area contributed by atoms with Crippen LogP contribution in [0.5, 0.6) is 0 Å². The molecular weight excluding hydrogens is 269 g/mol. The van der Waals surface area contributed by atoms with E-state index in [4.69, 9.17) is 4.74 Å². The summed E-state index contributed by atoms with van der Waals surface area (Å²) in [6.07, 6.45) is 0. The number of hydrogen-bond acceptors (Lipinski definition) is 5. The Hall–Kier alpha value is -2.22. The molecule has 2 N–H and O–H groups in total. The zero-order valence-electron chi connectivity index (χ0n) is 11.2. The van der Waals surface area contributed by atoms with Gasteiger partial charge >= 0.3 is 5.69 Å². The number of methoxy groups -OCH3 is 1. The largest absolute Gasteiger partial charge is 0.383 e. The van der Waals surface area contributed by atoms with E-state index >= 15 is 0 Å². The quantitative estimate of drug-likeness (QED) is 0.447. The molecule has 1 unspecified atom stereocenters. The van der Waals surface area contributed by atoms with Crippen LogP contribution in [0.1, 0.15) is 6.92 Å². The smallest absolute Gasteiger partial charge is 0.327 e. The molecule has 1 aromatic rings. The third-order valence-corrected chi connectivity index (χ3v) is 2.54. The van der Waals surface area contributed by atoms with Gasteiger partial charge < -0.3 is 15.4 Å². The molecule has 0 saturated carbocycles. The summed E-state index contributed by atoms with van der Waals surface area (Å²) in [6, 6.07) is 2.93. The third kappa shape index (κ3) is 4.16. The second-order valence-electron chi connectivity index (χ2n) is 4.04. The van der Waals surface area contributed by atoms with Gasteiger partial charge in [-0.1, -0.05) is 6.07 Å². The molecule has 0 aliphatic rings. The number of nitro benzene ring substituents is 1. The van der Waals surface area contributed by atoms with Crippen molar-refractivity contribution >= 4 is 17.3 Å². The zero-order chi connectivity index (χ0) is 15.1. The Morgan fingerprint density at radius 2 is 2.25 bits per heavy atom. The summed E-state index contributed by atoms with van der Waals surface area (Å²) in [4.78, 5) is 21.7. The maximum atomic E-state index is 13.4. The average Bonchev–Trinajstić information content (AvgIpc) is 2.38. The van der Waals surface area contributed by atoms with E-state index in [0.717, 1.165) is 6.07 Å². The maximum absolute atomic E-state index is 13.4. The van der Waals surface area contributed by atoms with E-state index in [1.54, 1.807) is 0 Å². The molecule has 110 valence electrons. The van der Waals surface area contributed by atoms with E-state index in [0.29, 0.717) is 13.2 Å². The summed E-state index contributed by atoms with van der Waals surface area (Å²) in [5.41, 5.74) is -0.714. The first kappa shape index (κ1) is 15.8. The van der Waals surface area contributed by atoms with E-state index in [1.165, 1.54) is 26.2 Å². The van der Waals surface area contributed by atoms with Gasteiger partial charge in [0.1, 0.15) is 11.7 Å². The molecule has 0 spiro atoms. The van der Waals surface area contributed by atoms with Crippen LogP contribution in [0.2, 0.25) is 0 Å². The number of rotatable bonds is 7. The van der Waals surface area contributed by atoms with Gasteiger partial charge in [0, 0.05) is 13.7 Å². The SMILES string of the molecule is COCCNC(=O)C(C)Nc1cccc(F)c1[N+](=O)[O-]. The van der Waals surface area contributed by atoms with Gasteiger partial charge in [-0.3, -0.25) is 14.9 Å². The lowest BCUT2D eigenvalue weighted by atomic mass is 10.2. The first-order valence-electron chi connectivity index (χ1n) is 5.93. The third-order valence-electron chi connectivity index (χ3n) is 2.54. The van der Waals surface area contributed by atoms with E-state index in [-0.39, 0.29) is 11.6 Å². The molecule has 0 aliphatic carbocycles. The number of nitro groups is 1. The molecule has 0 bridgehead atoms. The van der Waals surface area contributed by atoms with Crippen LogP contribution >= 0.6 is 0 Å². The standard InChI is InChI=1S/C12H16FN3O4/c1-8(12(17)14-6-7-20-2)15-10-5-3-4-9(13)11(10)16(18)19/h3-5,8,15H,6-7H2,1-2H3,(H,14,17). The molecule has 7 nitrogen and oxygen atoms in total. The lowest BCUT2D eigenvalue weighted by Crippen LogP contribution is -2.39. The van der Waals surface area contributed by atoms with Crippen molar-refractivity contribution in [3.05, 3.63) is 34.1 Å². The number of halogens is 1. The number of benzene rings is 1. The summed E-state index contributed by atoms with van der Waals surface area (Å²) in [7, 11) is 1.50. The molecular formula is C12H16FN3O4. The van der Waals surface area contributed by atoms with Gasteiger partial charge in [0.05, 0.1) is 11.5 Å². The van der Waals surface area contributed by atoms with Crippen LogP contribution in [0.4, 0.5) is 15.8 Å². The van der Waals surface area contributed by atoms with Crippen molar-refractivity contribution in [1.29, 1.82) is 0 Å². The number of carbonyl (C=O) groups excluding carboxylic acids is 1. The van der Waals surface area contributed by atoms with Crippen molar-refractivity contribution in [3.63, 3.8) is 0 Å². The van der Waals surface area contributed by atoms with Crippen LogP contribution in [0.15, 0.2) is 18.2 Å². The second-order valence-corrected chi connectivity index (χ2v) is 4.04. The highest BCUT2D eigenvalue weighted by molar-refractivity contribution is 5.85. The highest BCUT2D eigenvalue weighted by Crippen LogP contribution is 2.27. The number of amides is 1. The van der Waals surface area contributed by atoms with Gasteiger partial charge in [-0.25, -0.2) is 0 Å². The molecule has 0 heterocycles. The van der Waals surface area contributed by atoms with Crippen molar-refractivity contribution in [2.75, 3.05) is 25.6 Å². The van der Waals surface area contributed by atoms with Crippen LogP contribution in [0, 0.1) is 15.9 Å². The van der Waals surface area contributed by atoms with Crippen molar-refractivity contribution in [2.24, 2.45) is 0 Å². The summed E-state index contributed by atoms with van der Waals surface area (Å²) in [6.45, 7) is 2.21. The van der Waals surface area contributed by atoms with Gasteiger partial charge in [0.2, 0.25) is 11.7 Å². The highest BCUT2D eigenvalue weighted by Gasteiger charge is 2.22. The fourth-order valence-corrected chi connectivity index (χ4v) is 1.55. The Balaban J connectivity index is 2.75. The predicted octanol–water partition coefficient (Wildman–Crippen LogP) is 1.30. The number of nitrogens with one attached hydrogen (secondary N) is 2. The Morgan fingerprint density at radius 1 is 1.55 bits per heavy atom. The lowest BCUT2D eigenvalue weighted by molar-refractivity contribution is -0.386. The monoisotopic (exact) mass is 285 g/mol. The average molecular weight is 285 g/mol. The first-order chi connectivity index (χ1) is 9.47. The van der Waals surface area contributed by atoms with Crippen molar-refractivity contribution < 1.29 is 18.8 Å². The molecule has 1 atom stereocenters. The number of anilines is 1. The predicted molar refractivity (Wildman–Crippen MR) is 71.0 cm³/mol. The minimum Gasteiger partial charge on any atom is -0.383 e. The van der Waals surface area contributed by atoms with Crippen molar-refractivity contribution in [3.8, 4) is 0 Å². The van der Waals surface area contributed by atoms with Gasteiger partial charge in [0.15, 0.2) is 0 Å². The minimum absolute atomic E-state index is 0.0376. The fraction of sp³-hybridized carbons (Fsp3) is 0.417. The van der Waals surface area contributed by atoms with E-state index in [9.17, 15) is 19.3 Å². The van der Waals surface area contributed by atoms with Gasteiger partial charge in [0.25, 0.3) is 0 Å². The second kappa shape index (κ2) is 7.39. The van der Waals surface area contributed by atoms with Crippen LogP contribution in [0.3, 0.4) is 0 Å². The molecule has 8 heteroatoms. The molecule has 20 heavy (non-hydrogen) atoms. The molecule has 1 aromatic carbocycles. The summed E-state index contributed by atoms with van der Waals surface area (Å²) < 4.78 is 18.2. The van der Waals surface area contributed by atoms with Crippen molar-refractivity contribution in [1.82, 2.24) is 5.32 Å². The van der Waals surface area contributed by atoms with Crippen LogP contribution in [-0.2, 0) is 9.53 Å². The van der Waals surface area contributed by atoms with Gasteiger partial charge in [-0.15, -0.1) is 0 Å². The summed E-state index contributed by atoms with van der Waals surface area (Å²) in [5.74, 6) is -1.31. The summed E-state index contributed by atoms with van der Waals surface area (Å²) >= 11 is 0. The molecule has 0 fully saturated rings. The zero-order valence-corrected chi connectivity index (χ0v) is 11.2. The van der Waals surface area contributed by atoms with Gasteiger partial charge in [-0.2, -0.15) is 4.39 Å². The van der Waals surface area contributed by atoms with Crippen LogP contribution < -0.4 is 10.6 Å². The Bertz CT molecular complexity index is 496. The summed E-state index contributed by atoms with van der Waals surface area (Å²) in [5, 5.41) is 16.0. The molecule has 1 amide bonds. The maximum Gasteiger partial charge on any atom is 0.327 e. The molecule has 0 aromatic heterocycles. The number of nitrogens with zero attached hydrogens (tertiary/aromatic N) is 1. The number of para-hydroxylation sites is 1. The molecule has 1 rings (SSSR count). The van der Waals surface area contributed by atoms with E-state index in [1.807, 2.05) is 0 Å². The molecule has 0 saturated heterocycles. The Kier molecular flexibility index (Phi) is 5.85. The Labute approximate surface area is 115 Å². The van der Waals surface area contributed by atoms with Crippen molar-refractivity contribution in [2.45, 2.75) is 13.0 Å². The fourth-order valence-electron chi connectivity index (χ4n) is 1.55. The normalized spacial score (nSPS) is 11.8. The molecule has 0 radical (unpaired) electrons. The minimum atomic E-state index is -0.952. The first-order valence-corrected chi connectivity index (χ1v) is 5.93. The Morgan fingerprint density at radius 3 is 2.85 bits per heavy atom. The topological polar surface area (TPSA) is 93.5 Å². The van der Waals surface area contributed by atoms with E-state index < -0.39 is 22.5 Å². The highest BCUT2D eigenvalue weighted by atomic mass is 19.1.